The highest BCUT2D eigenvalue weighted by atomic mass is 35.5. The summed E-state index contributed by atoms with van der Waals surface area (Å²) in [5.41, 5.74) is 0.607. The van der Waals surface area contributed by atoms with E-state index in [9.17, 15) is 4.79 Å². The number of hydrogen-bond acceptors (Lipinski definition) is 2. The van der Waals surface area contributed by atoms with Crippen LogP contribution >= 0.6 is 34.5 Å². The van der Waals surface area contributed by atoms with Crippen molar-refractivity contribution in [2.24, 2.45) is 11.8 Å². The summed E-state index contributed by atoms with van der Waals surface area (Å²) >= 11 is 13.1. The molecule has 0 bridgehead atoms. The molecular formula is C14H18Cl2OS. The largest absolute Gasteiger partial charge is 0.294 e. The number of thiophene rings is 1. The number of carbonyl (C=O) groups is 1. The zero-order chi connectivity index (χ0) is 13.1. The van der Waals surface area contributed by atoms with Gasteiger partial charge in [-0.05, 0) is 24.3 Å². The van der Waals surface area contributed by atoms with Gasteiger partial charge in [0, 0.05) is 12.0 Å². The van der Waals surface area contributed by atoms with E-state index < -0.39 is 0 Å². The van der Waals surface area contributed by atoms with E-state index in [2.05, 4.69) is 6.92 Å². The van der Waals surface area contributed by atoms with Crippen LogP contribution in [0.1, 0.15) is 55.8 Å². The van der Waals surface area contributed by atoms with Crippen LogP contribution in [0.5, 0.6) is 0 Å². The highest BCUT2D eigenvalue weighted by Crippen LogP contribution is 2.34. The van der Waals surface area contributed by atoms with E-state index in [0.717, 1.165) is 18.3 Å². The van der Waals surface area contributed by atoms with Gasteiger partial charge in [-0.15, -0.1) is 11.3 Å². The van der Waals surface area contributed by atoms with E-state index in [1.54, 1.807) is 6.07 Å². The van der Waals surface area contributed by atoms with Gasteiger partial charge in [0.05, 0.1) is 4.34 Å². The summed E-state index contributed by atoms with van der Waals surface area (Å²) in [6.45, 7) is 2.31. The Morgan fingerprint density at radius 3 is 2.56 bits per heavy atom. The van der Waals surface area contributed by atoms with Crippen LogP contribution in [0.3, 0.4) is 0 Å². The molecule has 0 unspecified atom stereocenters. The summed E-state index contributed by atoms with van der Waals surface area (Å²) in [5.74, 6) is 1.72. The zero-order valence-electron chi connectivity index (χ0n) is 10.5. The van der Waals surface area contributed by atoms with Crippen molar-refractivity contribution in [1.82, 2.24) is 0 Å². The van der Waals surface area contributed by atoms with Crippen molar-refractivity contribution in [2.45, 2.75) is 45.4 Å². The number of Topliss-reactive ketones (excluding diaryl/α,β-unsaturated/α-hetero) is 1. The second-order valence-corrected chi connectivity index (χ2v) is 7.61. The van der Waals surface area contributed by atoms with Crippen LogP contribution in [0, 0.1) is 11.8 Å². The molecule has 0 spiro atoms. The Bertz CT molecular complexity index is 419. The summed E-state index contributed by atoms with van der Waals surface area (Å²) in [4.78, 5) is 12.0. The quantitative estimate of drug-likeness (QED) is 0.638. The second kappa shape index (κ2) is 6.40. The average Bonchev–Trinajstić information content (AvgIpc) is 2.67. The zero-order valence-corrected chi connectivity index (χ0v) is 12.9. The third-order valence-corrected chi connectivity index (χ3v) is 5.36. The molecule has 0 atom stereocenters. The van der Waals surface area contributed by atoms with Crippen LogP contribution in [0.2, 0.25) is 8.67 Å². The van der Waals surface area contributed by atoms with Crippen LogP contribution in [0.15, 0.2) is 6.07 Å². The monoisotopic (exact) mass is 304 g/mol. The molecule has 1 aromatic heterocycles. The summed E-state index contributed by atoms with van der Waals surface area (Å²) in [5, 5.41) is 0. The summed E-state index contributed by atoms with van der Waals surface area (Å²) < 4.78 is 1.12. The van der Waals surface area contributed by atoms with Crippen LogP contribution in [0.25, 0.3) is 0 Å². The molecule has 1 nitrogen and oxygen atoms in total. The minimum atomic E-state index is 0.141. The van der Waals surface area contributed by atoms with Crippen LogP contribution in [-0.4, -0.2) is 5.78 Å². The van der Waals surface area contributed by atoms with Crippen molar-refractivity contribution in [3.8, 4) is 0 Å². The van der Waals surface area contributed by atoms with Crippen molar-refractivity contribution in [3.05, 3.63) is 20.3 Å². The minimum Gasteiger partial charge on any atom is -0.294 e. The van der Waals surface area contributed by atoms with E-state index in [4.69, 9.17) is 23.2 Å². The predicted molar refractivity (Wildman–Crippen MR) is 79.0 cm³/mol. The van der Waals surface area contributed by atoms with Gasteiger partial charge in [-0.1, -0.05) is 55.8 Å². The average molecular weight is 305 g/mol. The van der Waals surface area contributed by atoms with Crippen molar-refractivity contribution >= 4 is 40.3 Å². The van der Waals surface area contributed by atoms with Crippen molar-refractivity contribution in [3.63, 3.8) is 0 Å². The fraction of sp³-hybridized carbons (Fsp3) is 0.643. The SMILES string of the molecule is CC1CCC(CCC(=O)c2cc(Cl)sc2Cl)CC1. The van der Waals surface area contributed by atoms with E-state index >= 15 is 0 Å². The van der Waals surface area contributed by atoms with E-state index in [0.29, 0.717) is 20.7 Å². The first-order valence-corrected chi connectivity index (χ1v) is 8.11. The maximum Gasteiger partial charge on any atom is 0.165 e. The molecule has 0 N–H and O–H groups in total. The first-order valence-electron chi connectivity index (χ1n) is 6.54. The summed E-state index contributed by atoms with van der Waals surface area (Å²) in [6, 6.07) is 1.69. The molecule has 1 saturated carbocycles. The number of halogens is 2. The lowest BCUT2D eigenvalue weighted by Crippen LogP contribution is -2.13. The lowest BCUT2D eigenvalue weighted by Gasteiger charge is -2.25. The molecule has 4 heteroatoms. The molecule has 1 aliphatic carbocycles. The first-order chi connectivity index (χ1) is 8.56. The van der Waals surface area contributed by atoms with Gasteiger partial charge in [0.15, 0.2) is 5.78 Å². The van der Waals surface area contributed by atoms with E-state index in [-0.39, 0.29) is 5.78 Å². The van der Waals surface area contributed by atoms with Gasteiger partial charge in [0.2, 0.25) is 0 Å². The molecule has 1 aliphatic rings. The molecule has 1 heterocycles. The third-order valence-electron chi connectivity index (χ3n) is 3.87. The third kappa shape index (κ3) is 3.72. The molecule has 2 rings (SSSR count). The number of carbonyl (C=O) groups excluding carboxylic acids is 1. The van der Waals surface area contributed by atoms with Crippen LogP contribution < -0.4 is 0 Å². The van der Waals surface area contributed by atoms with Crippen molar-refractivity contribution in [2.75, 3.05) is 0 Å². The Morgan fingerprint density at radius 2 is 2.00 bits per heavy atom. The number of ketones is 1. The molecule has 100 valence electrons. The normalized spacial score (nSPS) is 24.2. The van der Waals surface area contributed by atoms with Gasteiger partial charge >= 0.3 is 0 Å². The Balaban J connectivity index is 1.83. The molecular weight excluding hydrogens is 287 g/mol. The van der Waals surface area contributed by atoms with Gasteiger partial charge in [-0.2, -0.15) is 0 Å². The summed E-state index contributed by atoms with van der Waals surface area (Å²) in [6.07, 6.45) is 6.76. The molecule has 1 fully saturated rings. The lowest BCUT2D eigenvalue weighted by atomic mass is 9.80. The van der Waals surface area contributed by atoms with Gasteiger partial charge in [-0.25, -0.2) is 0 Å². The lowest BCUT2D eigenvalue weighted by molar-refractivity contribution is 0.0969. The maximum atomic E-state index is 12.0. The minimum absolute atomic E-state index is 0.141. The summed E-state index contributed by atoms with van der Waals surface area (Å²) in [7, 11) is 0. The highest BCUT2D eigenvalue weighted by Gasteiger charge is 2.20. The Kier molecular flexibility index (Phi) is 5.11. The fourth-order valence-electron chi connectivity index (χ4n) is 2.62. The van der Waals surface area contributed by atoms with Gasteiger partial charge in [0.1, 0.15) is 4.34 Å². The van der Waals surface area contributed by atoms with E-state index in [1.165, 1.54) is 37.0 Å². The number of hydrogen-bond donors (Lipinski definition) is 0. The van der Waals surface area contributed by atoms with E-state index in [1.807, 2.05) is 0 Å². The van der Waals surface area contributed by atoms with Gasteiger partial charge in [0.25, 0.3) is 0 Å². The highest BCUT2D eigenvalue weighted by molar-refractivity contribution is 7.20. The molecule has 0 aliphatic heterocycles. The second-order valence-electron chi connectivity index (χ2n) is 5.33. The van der Waals surface area contributed by atoms with Gasteiger partial charge in [-0.3, -0.25) is 4.79 Å². The molecule has 1 aromatic rings. The Labute approximate surface area is 122 Å². The van der Waals surface area contributed by atoms with Crippen LogP contribution in [0.4, 0.5) is 0 Å². The Hall–Kier alpha value is -0.0500. The topological polar surface area (TPSA) is 17.1 Å². The first kappa shape index (κ1) is 14.4. The van der Waals surface area contributed by atoms with Crippen LogP contribution in [-0.2, 0) is 0 Å². The molecule has 0 radical (unpaired) electrons. The van der Waals surface area contributed by atoms with Crippen molar-refractivity contribution in [1.29, 1.82) is 0 Å². The maximum absolute atomic E-state index is 12.0. The predicted octanol–water partition coefficient (Wildman–Crippen LogP) is 5.84. The standard InChI is InChI=1S/C14H18Cl2OS/c1-9-2-4-10(5-3-9)6-7-12(17)11-8-13(15)18-14(11)16/h8-10H,2-7H2,1H3. The van der Waals surface area contributed by atoms with Gasteiger partial charge < -0.3 is 0 Å². The molecule has 0 amide bonds. The molecule has 0 saturated heterocycles. The Morgan fingerprint density at radius 1 is 1.33 bits per heavy atom. The fourth-order valence-corrected chi connectivity index (χ4v) is 4.12. The number of rotatable bonds is 4. The van der Waals surface area contributed by atoms with Crippen molar-refractivity contribution < 1.29 is 4.79 Å². The molecule has 0 aromatic carbocycles. The smallest absolute Gasteiger partial charge is 0.165 e. The molecule has 18 heavy (non-hydrogen) atoms.